The molecule has 1 atom stereocenters. The third-order valence-corrected chi connectivity index (χ3v) is 7.21. The number of benzene rings is 1. The largest absolute Gasteiger partial charge is 0.325 e. The molecule has 1 aliphatic carbocycles. The van der Waals surface area contributed by atoms with Crippen molar-refractivity contribution in [1.29, 1.82) is 0 Å². The quantitative estimate of drug-likeness (QED) is 0.499. The molecule has 0 spiro atoms. The van der Waals surface area contributed by atoms with Crippen LogP contribution < -0.4 is 10.9 Å². The summed E-state index contributed by atoms with van der Waals surface area (Å²) in [7, 11) is 0. The zero-order chi connectivity index (χ0) is 19.7. The average Bonchev–Trinajstić information content (AvgIpc) is 3.04. The van der Waals surface area contributed by atoms with E-state index in [1.54, 1.807) is 15.9 Å². The predicted molar refractivity (Wildman–Crippen MR) is 117 cm³/mol. The van der Waals surface area contributed by atoms with Gasteiger partial charge < -0.3 is 5.32 Å². The van der Waals surface area contributed by atoms with Crippen LogP contribution in [0.15, 0.2) is 40.3 Å². The number of amides is 1. The summed E-state index contributed by atoms with van der Waals surface area (Å²) in [5.74, 6) is 0.770. The van der Waals surface area contributed by atoms with Gasteiger partial charge in [0.2, 0.25) is 5.91 Å². The minimum Gasteiger partial charge on any atom is -0.325 e. The minimum atomic E-state index is -0.104. The number of carbonyl (C=O) groups excluding carboxylic acids is 1. The smallest absolute Gasteiger partial charge is 0.263 e. The molecule has 2 aromatic heterocycles. The van der Waals surface area contributed by atoms with Gasteiger partial charge in [-0.2, -0.15) is 0 Å². The Morgan fingerprint density at radius 2 is 2.14 bits per heavy atom. The van der Waals surface area contributed by atoms with E-state index >= 15 is 0 Å². The number of thiophene rings is 1. The van der Waals surface area contributed by atoms with E-state index in [1.807, 2.05) is 37.3 Å². The molecule has 4 rings (SSSR count). The SMILES string of the molecule is CCn1c(SCC(=O)Nc2ccccc2)nc2sc3c(c2c1=O)CCC(C)C3. The summed E-state index contributed by atoms with van der Waals surface area (Å²) in [6.45, 7) is 4.76. The third-order valence-electron chi connectivity index (χ3n) is 5.09. The fourth-order valence-corrected chi connectivity index (χ4v) is 5.93. The zero-order valence-electron chi connectivity index (χ0n) is 16.0. The number of hydrogen-bond donors (Lipinski definition) is 1. The van der Waals surface area contributed by atoms with Gasteiger partial charge in [-0.15, -0.1) is 11.3 Å². The molecule has 0 fully saturated rings. The van der Waals surface area contributed by atoms with E-state index < -0.39 is 0 Å². The Bertz CT molecular complexity index is 1070. The Balaban J connectivity index is 1.60. The Morgan fingerprint density at radius 1 is 1.36 bits per heavy atom. The van der Waals surface area contributed by atoms with Gasteiger partial charge in [-0.05, 0) is 49.8 Å². The highest BCUT2D eigenvalue weighted by Gasteiger charge is 2.24. The highest BCUT2D eigenvalue weighted by molar-refractivity contribution is 7.99. The number of hydrogen-bond acceptors (Lipinski definition) is 5. The molecule has 146 valence electrons. The molecule has 2 heterocycles. The van der Waals surface area contributed by atoms with Crippen LogP contribution in [-0.2, 0) is 24.2 Å². The number of nitrogens with zero attached hydrogens (tertiary/aromatic N) is 2. The first kappa shape index (κ1) is 19.2. The second-order valence-corrected chi connectivity index (χ2v) is 9.20. The van der Waals surface area contributed by atoms with E-state index in [0.717, 1.165) is 35.2 Å². The van der Waals surface area contributed by atoms with Gasteiger partial charge in [-0.25, -0.2) is 4.98 Å². The van der Waals surface area contributed by atoms with E-state index in [2.05, 4.69) is 12.2 Å². The summed E-state index contributed by atoms with van der Waals surface area (Å²) in [5.41, 5.74) is 2.01. The molecule has 5 nitrogen and oxygen atoms in total. The van der Waals surface area contributed by atoms with Gasteiger partial charge in [-0.3, -0.25) is 14.2 Å². The van der Waals surface area contributed by atoms with Gasteiger partial charge in [0.25, 0.3) is 5.56 Å². The molecule has 0 aliphatic heterocycles. The van der Waals surface area contributed by atoms with Crippen molar-refractivity contribution >= 4 is 44.9 Å². The molecule has 1 N–H and O–H groups in total. The fraction of sp³-hybridized carbons (Fsp3) is 0.381. The number of rotatable bonds is 5. The fourth-order valence-electron chi connectivity index (χ4n) is 3.64. The molecule has 1 unspecified atom stereocenters. The lowest BCUT2D eigenvalue weighted by Crippen LogP contribution is -2.24. The summed E-state index contributed by atoms with van der Waals surface area (Å²) in [4.78, 5) is 32.3. The molecular formula is C21H23N3O2S2. The molecule has 1 aliphatic rings. The lowest BCUT2D eigenvalue weighted by atomic mass is 9.89. The van der Waals surface area contributed by atoms with Crippen LogP contribution in [0.1, 0.15) is 30.7 Å². The van der Waals surface area contributed by atoms with Crippen LogP contribution in [0.25, 0.3) is 10.2 Å². The zero-order valence-corrected chi connectivity index (χ0v) is 17.7. The first-order valence-electron chi connectivity index (χ1n) is 9.59. The van der Waals surface area contributed by atoms with E-state index in [0.29, 0.717) is 17.6 Å². The van der Waals surface area contributed by atoms with Crippen molar-refractivity contribution in [2.45, 2.75) is 44.8 Å². The highest BCUT2D eigenvalue weighted by atomic mass is 32.2. The minimum absolute atomic E-state index is 0.0329. The summed E-state index contributed by atoms with van der Waals surface area (Å²) in [6.07, 6.45) is 3.12. The predicted octanol–water partition coefficient (Wildman–Crippen LogP) is 4.33. The monoisotopic (exact) mass is 413 g/mol. The molecule has 1 aromatic carbocycles. The number of carbonyl (C=O) groups is 1. The second-order valence-electron chi connectivity index (χ2n) is 7.18. The van der Waals surface area contributed by atoms with Crippen LogP contribution in [0.4, 0.5) is 5.69 Å². The van der Waals surface area contributed by atoms with Gasteiger partial charge in [-0.1, -0.05) is 36.9 Å². The summed E-state index contributed by atoms with van der Waals surface area (Å²) >= 11 is 2.97. The number of anilines is 1. The lowest BCUT2D eigenvalue weighted by molar-refractivity contribution is -0.113. The number of aromatic nitrogens is 2. The van der Waals surface area contributed by atoms with Crippen LogP contribution in [0, 0.1) is 5.92 Å². The van der Waals surface area contributed by atoms with E-state index in [4.69, 9.17) is 4.98 Å². The normalized spacial score (nSPS) is 16.1. The number of aryl methyl sites for hydroxylation is 1. The van der Waals surface area contributed by atoms with Crippen LogP contribution in [0.3, 0.4) is 0 Å². The molecule has 3 aromatic rings. The van der Waals surface area contributed by atoms with Crippen molar-refractivity contribution in [3.63, 3.8) is 0 Å². The van der Waals surface area contributed by atoms with Crippen molar-refractivity contribution in [2.24, 2.45) is 5.92 Å². The topological polar surface area (TPSA) is 64.0 Å². The van der Waals surface area contributed by atoms with Crippen molar-refractivity contribution in [3.05, 3.63) is 51.1 Å². The molecule has 0 bridgehead atoms. The number of thioether (sulfide) groups is 1. The van der Waals surface area contributed by atoms with Crippen molar-refractivity contribution in [1.82, 2.24) is 9.55 Å². The first-order chi connectivity index (χ1) is 13.6. The number of para-hydroxylation sites is 1. The first-order valence-corrected chi connectivity index (χ1v) is 11.4. The molecule has 7 heteroatoms. The Morgan fingerprint density at radius 3 is 2.89 bits per heavy atom. The maximum absolute atomic E-state index is 13.1. The summed E-state index contributed by atoms with van der Waals surface area (Å²) in [5, 5.41) is 4.29. The van der Waals surface area contributed by atoms with Crippen molar-refractivity contribution in [2.75, 3.05) is 11.1 Å². The van der Waals surface area contributed by atoms with Crippen molar-refractivity contribution in [3.8, 4) is 0 Å². The van der Waals surface area contributed by atoms with Gasteiger partial charge in [0.05, 0.1) is 11.1 Å². The lowest BCUT2D eigenvalue weighted by Gasteiger charge is -2.17. The number of fused-ring (bicyclic) bond motifs is 3. The van der Waals surface area contributed by atoms with Crippen LogP contribution in [-0.4, -0.2) is 21.2 Å². The maximum Gasteiger partial charge on any atom is 0.263 e. The Labute approximate surface area is 172 Å². The molecular weight excluding hydrogens is 390 g/mol. The van der Waals surface area contributed by atoms with Gasteiger partial charge in [0.15, 0.2) is 5.16 Å². The average molecular weight is 414 g/mol. The molecule has 0 saturated heterocycles. The summed E-state index contributed by atoms with van der Waals surface area (Å²) in [6, 6.07) is 9.38. The van der Waals surface area contributed by atoms with Crippen LogP contribution >= 0.6 is 23.1 Å². The van der Waals surface area contributed by atoms with Gasteiger partial charge >= 0.3 is 0 Å². The van der Waals surface area contributed by atoms with Crippen LogP contribution in [0.2, 0.25) is 0 Å². The van der Waals surface area contributed by atoms with Crippen molar-refractivity contribution < 1.29 is 4.79 Å². The highest BCUT2D eigenvalue weighted by Crippen LogP contribution is 2.36. The number of nitrogens with one attached hydrogen (secondary N) is 1. The maximum atomic E-state index is 13.1. The standard InChI is InChI=1S/C21H23N3O2S2/c1-3-24-20(26)18-15-10-9-13(2)11-16(15)28-19(18)23-21(24)27-12-17(25)22-14-7-5-4-6-8-14/h4-8,13H,3,9-12H2,1-2H3,(H,22,25). The third kappa shape index (κ3) is 3.73. The van der Waals surface area contributed by atoms with E-state index in [-0.39, 0.29) is 17.2 Å². The molecule has 0 saturated carbocycles. The van der Waals surface area contributed by atoms with Gasteiger partial charge in [0.1, 0.15) is 4.83 Å². The Hall–Kier alpha value is -2.12. The van der Waals surface area contributed by atoms with Crippen LogP contribution in [0.5, 0.6) is 0 Å². The van der Waals surface area contributed by atoms with E-state index in [9.17, 15) is 9.59 Å². The Kier molecular flexibility index (Phi) is 5.55. The molecule has 1 amide bonds. The second kappa shape index (κ2) is 8.09. The van der Waals surface area contributed by atoms with E-state index in [1.165, 1.54) is 22.2 Å². The molecule has 0 radical (unpaired) electrons. The molecule has 28 heavy (non-hydrogen) atoms. The summed E-state index contributed by atoms with van der Waals surface area (Å²) < 4.78 is 1.70. The van der Waals surface area contributed by atoms with Gasteiger partial charge in [0, 0.05) is 17.1 Å².